The molecule has 0 aliphatic carbocycles. The smallest absolute Gasteiger partial charge is 0.414 e. The fourth-order valence-electron chi connectivity index (χ4n) is 2.73. The van der Waals surface area contributed by atoms with Crippen LogP contribution in [0.15, 0.2) is 18.2 Å². The summed E-state index contributed by atoms with van der Waals surface area (Å²) in [5.74, 6) is 2.74. The summed E-state index contributed by atoms with van der Waals surface area (Å²) in [6, 6.07) is 6.19. The van der Waals surface area contributed by atoms with E-state index in [-0.39, 0.29) is 12.1 Å². The normalized spacial score (nSPS) is 15.0. The Morgan fingerprint density at radius 3 is 2.83 bits per heavy atom. The number of benzene rings is 1. The van der Waals surface area contributed by atoms with E-state index in [1.54, 1.807) is 4.90 Å². The Morgan fingerprint density at radius 1 is 1.48 bits per heavy atom. The van der Waals surface area contributed by atoms with Crippen LogP contribution >= 0.6 is 0 Å². The number of carbonyl (C=O) groups is 1. The van der Waals surface area contributed by atoms with Gasteiger partial charge in [-0.15, -0.1) is 6.42 Å². The summed E-state index contributed by atoms with van der Waals surface area (Å²) in [5.41, 5.74) is 2.74. The molecule has 1 unspecified atom stereocenters. The lowest BCUT2D eigenvalue weighted by molar-refractivity contribution is 0.0583. The van der Waals surface area contributed by atoms with Crippen LogP contribution in [0.1, 0.15) is 45.2 Å². The van der Waals surface area contributed by atoms with Gasteiger partial charge in [-0.3, -0.25) is 10.2 Å². The molecule has 1 aromatic carbocycles. The first kappa shape index (κ1) is 17.4. The van der Waals surface area contributed by atoms with Gasteiger partial charge in [-0.1, -0.05) is 31.0 Å². The summed E-state index contributed by atoms with van der Waals surface area (Å²) in [7, 11) is 0. The van der Waals surface area contributed by atoms with E-state index in [4.69, 9.17) is 11.2 Å². The number of hydrogen-bond acceptors (Lipinski definition) is 3. The van der Waals surface area contributed by atoms with Crippen molar-refractivity contribution in [1.82, 2.24) is 5.32 Å². The number of terminal acetylenes is 1. The Hall–Kier alpha value is -1.99. The SMILES string of the molecule is C#CC(CC)NCc1cccc2c1N(C(=O)OC(C)(C)C)CC2. The molecule has 0 bridgehead atoms. The van der Waals surface area contributed by atoms with Gasteiger partial charge in [0.25, 0.3) is 0 Å². The van der Waals surface area contributed by atoms with Crippen molar-refractivity contribution >= 4 is 11.8 Å². The maximum absolute atomic E-state index is 12.5. The van der Waals surface area contributed by atoms with Crippen LogP contribution in [0.25, 0.3) is 0 Å². The lowest BCUT2D eigenvalue weighted by atomic mass is 10.1. The first-order valence-corrected chi connectivity index (χ1v) is 8.16. The van der Waals surface area contributed by atoms with Gasteiger partial charge < -0.3 is 4.74 Å². The highest BCUT2D eigenvalue weighted by Gasteiger charge is 2.30. The number of fused-ring (bicyclic) bond motifs is 1. The number of para-hydroxylation sites is 1. The van der Waals surface area contributed by atoms with Crippen molar-refractivity contribution in [2.24, 2.45) is 0 Å². The maximum Gasteiger partial charge on any atom is 0.414 e. The van der Waals surface area contributed by atoms with Gasteiger partial charge in [0.15, 0.2) is 0 Å². The largest absolute Gasteiger partial charge is 0.443 e. The Bertz CT molecular complexity index is 611. The second kappa shape index (κ2) is 7.06. The van der Waals surface area contributed by atoms with Gasteiger partial charge in [-0.05, 0) is 44.7 Å². The van der Waals surface area contributed by atoms with Crippen LogP contribution in [0, 0.1) is 12.3 Å². The van der Waals surface area contributed by atoms with Gasteiger partial charge in [-0.2, -0.15) is 0 Å². The van der Waals surface area contributed by atoms with Crippen molar-refractivity contribution in [2.75, 3.05) is 11.4 Å². The minimum Gasteiger partial charge on any atom is -0.443 e. The zero-order valence-electron chi connectivity index (χ0n) is 14.5. The van der Waals surface area contributed by atoms with Crippen molar-refractivity contribution in [2.45, 2.75) is 58.7 Å². The number of ether oxygens (including phenoxy) is 1. The van der Waals surface area contributed by atoms with Crippen LogP contribution < -0.4 is 10.2 Å². The summed E-state index contributed by atoms with van der Waals surface area (Å²) < 4.78 is 5.54. The molecule has 0 saturated heterocycles. The molecule has 0 saturated carbocycles. The van der Waals surface area contributed by atoms with Crippen molar-refractivity contribution in [3.05, 3.63) is 29.3 Å². The van der Waals surface area contributed by atoms with Gasteiger partial charge in [0, 0.05) is 13.1 Å². The predicted octanol–water partition coefficient (Wildman–Crippen LogP) is 3.49. The third-order valence-corrected chi connectivity index (χ3v) is 3.84. The minimum atomic E-state index is -0.496. The Morgan fingerprint density at radius 2 is 2.22 bits per heavy atom. The van der Waals surface area contributed by atoms with Gasteiger partial charge in [0.2, 0.25) is 0 Å². The van der Waals surface area contributed by atoms with Crippen LogP contribution in [0.5, 0.6) is 0 Å². The van der Waals surface area contributed by atoms with Crippen molar-refractivity contribution in [1.29, 1.82) is 0 Å². The van der Waals surface area contributed by atoms with Crippen LogP contribution in [-0.2, 0) is 17.7 Å². The van der Waals surface area contributed by atoms with E-state index in [0.29, 0.717) is 13.1 Å². The highest BCUT2D eigenvalue weighted by atomic mass is 16.6. The molecule has 1 amide bonds. The van der Waals surface area contributed by atoms with E-state index in [1.165, 1.54) is 5.56 Å². The molecule has 1 N–H and O–H groups in total. The third-order valence-electron chi connectivity index (χ3n) is 3.84. The molecule has 1 atom stereocenters. The average molecular weight is 314 g/mol. The molecular formula is C19H26N2O2. The topological polar surface area (TPSA) is 41.6 Å². The van der Waals surface area contributed by atoms with E-state index >= 15 is 0 Å². The fraction of sp³-hybridized carbons (Fsp3) is 0.526. The molecule has 0 aromatic heterocycles. The van der Waals surface area contributed by atoms with E-state index < -0.39 is 5.60 Å². The van der Waals surface area contributed by atoms with E-state index in [9.17, 15) is 4.79 Å². The monoisotopic (exact) mass is 314 g/mol. The molecule has 0 spiro atoms. The molecule has 1 heterocycles. The summed E-state index contributed by atoms with van der Waals surface area (Å²) in [6.45, 7) is 9.01. The second-order valence-electron chi connectivity index (χ2n) is 6.82. The maximum atomic E-state index is 12.5. The van der Waals surface area contributed by atoms with Gasteiger partial charge in [0.1, 0.15) is 5.60 Å². The lowest BCUT2D eigenvalue weighted by Gasteiger charge is -2.26. The third kappa shape index (κ3) is 4.27. The summed E-state index contributed by atoms with van der Waals surface area (Å²) in [6.07, 6.45) is 6.96. The zero-order chi connectivity index (χ0) is 17.0. The molecule has 2 rings (SSSR count). The molecule has 124 valence electrons. The molecule has 0 radical (unpaired) electrons. The predicted molar refractivity (Wildman–Crippen MR) is 93.5 cm³/mol. The summed E-state index contributed by atoms with van der Waals surface area (Å²) in [4.78, 5) is 14.2. The van der Waals surface area contributed by atoms with E-state index in [1.807, 2.05) is 32.9 Å². The van der Waals surface area contributed by atoms with E-state index in [0.717, 1.165) is 24.1 Å². The summed E-state index contributed by atoms with van der Waals surface area (Å²) >= 11 is 0. The first-order chi connectivity index (χ1) is 10.9. The molecule has 23 heavy (non-hydrogen) atoms. The molecule has 1 aromatic rings. The van der Waals surface area contributed by atoms with Crippen molar-refractivity contribution in [3.8, 4) is 12.3 Å². The minimum absolute atomic E-state index is 0.0437. The highest BCUT2D eigenvalue weighted by molar-refractivity contribution is 5.91. The molecule has 4 nitrogen and oxygen atoms in total. The number of hydrogen-bond donors (Lipinski definition) is 1. The number of amides is 1. The number of anilines is 1. The van der Waals surface area contributed by atoms with Gasteiger partial charge in [-0.25, -0.2) is 4.79 Å². The van der Waals surface area contributed by atoms with Crippen LogP contribution in [0.3, 0.4) is 0 Å². The van der Waals surface area contributed by atoms with Crippen molar-refractivity contribution < 1.29 is 9.53 Å². The second-order valence-corrected chi connectivity index (χ2v) is 6.82. The Labute approximate surface area is 139 Å². The molecule has 0 fully saturated rings. The number of carbonyl (C=O) groups excluding carboxylic acids is 1. The van der Waals surface area contributed by atoms with Crippen molar-refractivity contribution in [3.63, 3.8) is 0 Å². The number of rotatable bonds is 4. The average Bonchev–Trinajstić information content (AvgIpc) is 2.91. The summed E-state index contributed by atoms with van der Waals surface area (Å²) in [5, 5.41) is 3.36. The quantitative estimate of drug-likeness (QED) is 0.865. The first-order valence-electron chi connectivity index (χ1n) is 8.16. The zero-order valence-corrected chi connectivity index (χ0v) is 14.5. The van der Waals surface area contributed by atoms with Crippen LogP contribution in [-0.4, -0.2) is 24.3 Å². The number of nitrogens with zero attached hydrogens (tertiary/aromatic N) is 1. The molecule has 4 heteroatoms. The lowest BCUT2D eigenvalue weighted by Crippen LogP contribution is -2.36. The van der Waals surface area contributed by atoms with Crippen LogP contribution in [0.2, 0.25) is 0 Å². The molecule has 1 aliphatic rings. The van der Waals surface area contributed by atoms with Gasteiger partial charge >= 0.3 is 6.09 Å². The Balaban J connectivity index is 2.20. The van der Waals surface area contributed by atoms with Gasteiger partial charge in [0.05, 0.1) is 11.7 Å². The van der Waals surface area contributed by atoms with E-state index in [2.05, 4.69) is 24.2 Å². The fourth-order valence-corrected chi connectivity index (χ4v) is 2.73. The molecular weight excluding hydrogens is 288 g/mol. The van der Waals surface area contributed by atoms with Crippen LogP contribution in [0.4, 0.5) is 10.5 Å². The highest BCUT2D eigenvalue weighted by Crippen LogP contribution is 2.33. The standard InChI is InChI=1S/C19H26N2O2/c1-6-16(7-2)20-13-15-10-8-9-14-11-12-21(17(14)15)18(22)23-19(3,4)5/h1,8-10,16,20H,7,11-13H2,2-5H3. The molecule has 1 aliphatic heterocycles. The Kier molecular flexibility index (Phi) is 5.33. The number of nitrogens with one attached hydrogen (secondary N) is 1.